The molecule has 1 aliphatic rings. The molecule has 3 aromatic rings. The molecule has 0 bridgehead atoms. The van der Waals surface area contributed by atoms with Crippen LogP contribution in [-0.4, -0.2) is 22.2 Å². The fourth-order valence-electron chi connectivity index (χ4n) is 3.46. The number of fused-ring (bicyclic) bond motifs is 2. The van der Waals surface area contributed by atoms with Gasteiger partial charge in [-0.15, -0.1) is 12.4 Å². The number of aryl methyl sites for hydroxylation is 1. The first-order valence-electron chi connectivity index (χ1n) is 9.07. The fourth-order valence-corrected chi connectivity index (χ4v) is 3.46. The lowest BCUT2D eigenvalue weighted by Crippen LogP contribution is -2.31. The molecule has 3 N–H and O–H groups in total. The number of halogens is 2. The molecule has 9 heteroatoms. The number of hydrogen-bond acceptors (Lipinski definition) is 4. The Labute approximate surface area is 171 Å². The molecule has 2 aromatic carbocycles. The van der Waals surface area contributed by atoms with Gasteiger partial charge in [-0.1, -0.05) is 18.2 Å². The summed E-state index contributed by atoms with van der Waals surface area (Å²) in [5, 5.41) is 8.81. The van der Waals surface area contributed by atoms with Crippen LogP contribution in [0.5, 0.6) is 0 Å². The predicted octanol–water partition coefficient (Wildman–Crippen LogP) is 1.93. The van der Waals surface area contributed by atoms with Crippen LogP contribution in [0.15, 0.2) is 46.0 Å². The molecule has 29 heavy (non-hydrogen) atoms. The number of H-pyrrole nitrogens is 1. The average molecular weight is 419 g/mol. The van der Waals surface area contributed by atoms with E-state index in [2.05, 4.69) is 15.7 Å². The molecule has 1 aromatic heterocycles. The zero-order chi connectivity index (χ0) is 19.7. The minimum atomic E-state index is -0.436. The van der Waals surface area contributed by atoms with Gasteiger partial charge in [-0.2, -0.15) is 0 Å². The average Bonchev–Trinajstić information content (AvgIpc) is 2.72. The van der Waals surface area contributed by atoms with Gasteiger partial charge in [-0.25, -0.2) is 9.07 Å². The number of nitrogens with zero attached hydrogens (tertiary/aromatic N) is 1. The summed E-state index contributed by atoms with van der Waals surface area (Å²) < 4.78 is 15.7. The molecule has 1 amide bonds. The largest absolute Gasteiger partial charge is 0.324 e. The SMILES string of the molecule is Cl.O=C(CCn1[nH]c(=O)c2ccccc2c1=O)Nc1ccc2c(c1F)CCNC2. The Morgan fingerprint density at radius 1 is 1.14 bits per heavy atom. The second-order valence-electron chi connectivity index (χ2n) is 6.73. The number of nitrogens with one attached hydrogen (secondary N) is 3. The molecular formula is C20H20ClFN4O3. The van der Waals surface area contributed by atoms with Crippen molar-refractivity contribution in [2.75, 3.05) is 11.9 Å². The molecule has 0 aliphatic carbocycles. The number of anilines is 1. The van der Waals surface area contributed by atoms with Crippen LogP contribution in [-0.2, 0) is 24.3 Å². The highest BCUT2D eigenvalue weighted by Gasteiger charge is 2.17. The second-order valence-corrected chi connectivity index (χ2v) is 6.73. The maximum atomic E-state index is 14.6. The number of benzene rings is 2. The van der Waals surface area contributed by atoms with Gasteiger partial charge in [0.05, 0.1) is 23.0 Å². The van der Waals surface area contributed by atoms with Crippen LogP contribution < -0.4 is 21.8 Å². The van der Waals surface area contributed by atoms with Crippen LogP contribution in [0, 0.1) is 5.82 Å². The minimum absolute atomic E-state index is 0. The number of carbonyl (C=O) groups excluding carboxylic acids is 1. The number of hydrogen-bond donors (Lipinski definition) is 3. The van der Waals surface area contributed by atoms with Crippen molar-refractivity contribution in [1.82, 2.24) is 15.1 Å². The van der Waals surface area contributed by atoms with E-state index in [0.717, 1.165) is 10.2 Å². The quantitative estimate of drug-likeness (QED) is 0.603. The Morgan fingerprint density at radius 3 is 2.69 bits per heavy atom. The third-order valence-corrected chi connectivity index (χ3v) is 4.93. The van der Waals surface area contributed by atoms with E-state index in [1.807, 2.05) is 0 Å². The van der Waals surface area contributed by atoms with Crippen molar-refractivity contribution in [2.24, 2.45) is 0 Å². The maximum absolute atomic E-state index is 14.6. The zero-order valence-electron chi connectivity index (χ0n) is 15.5. The number of aromatic amines is 1. The highest BCUT2D eigenvalue weighted by Crippen LogP contribution is 2.24. The van der Waals surface area contributed by atoms with Crippen LogP contribution in [0.2, 0.25) is 0 Å². The Balaban J connectivity index is 0.00000240. The third-order valence-electron chi connectivity index (χ3n) is 4.93. The minimum Gasteiger partial charge on any atom is -0.324 e. The van der Waals surface area contributed by atoms with Crippen molar-refractivity contribution in [3.63, 3.8) is 0 Å². The van der Waals surface area contributed by atoms with Gasteiger partial charge in [0.1, 0.15) is 5.82 Å². The van der Waals surface area contributed by atoms with Crippen LogP contribution in [0.4, 0.5) is 10.1 Å². The Bertz CT molecular complexity index is 1190. The normalized spacial score (nSPS) is 12.9. The summed E-state index contributed by atoms with van der Waals surface area (Å²) in [6.45, 7) is 1.29. The molecular weight excluding hydrogens is 399 g/mol. The maximum Gasteiger partial charge on any atom is 0.273 e. The van der Waals surface area contributed by atoms with Crippen molar-refractivity contribution < 1.29 is 9.18 Å². The van der Waals surface area contributed by atoms with Gasteiger partial charge < -0.3 is 10.6 Å². The van der Waals surface area contributed by atoms with Gasteiger partial charge in [0.25, 0.3) is 11.1 Å². The van der Waals surface area contributed by atoms with Gasteiger partial charge in [-0.05, 0) is 42.3 Å². The van der Waals surface area contributed by atoms with Crippen molar-refractivity contribution >= 4 is 34.8 Å². The Kier molecular flexibility index (Phi) is 6.14. The number of amides is 1. The second kappa shape index (κ2) is 8.59. The summed E-state index contributed by atoms with van der Waals surface area (Å²) in [6, 6.07) is 9.84. The molecule has 7 nitrogen and oxygen atoms in total. The van der Waals surface area contributed by atoms with Gasteiger partial charge in [0.15, 0.2) is 0 Å². The first-order valence-corrected chi connectivity index (χ1v) is 9.07. The van der Waals surface area contributed by atoms with Crippen molar-refractivity contribution in [3.05, 3.63) is 74.0 Å². The van der Waals surface area contributed by atoms with Crippen LogP contribution >= 0.6 is 12.4 Å². The summed E-state index contributed by atoms with van der Waals surface area (Å²) in [4.78, 5) is 36.8. The third kappa shape index (κ3) is 4.08. The number of aromatic nitrogens is 2. The van der Waals surface area contributed by atoms with Crippen LogP contribution in [0.1, 0.15) is 17.5 Å². The van der Waals surface area contributed by atoms with E-state index in [1.54, 1.807) is 36.4 Å². The lowest BCUT2D eigenvalue weighted by molar-refractivity contribution is -0.116. The monoisotopic (exact) mass is 418 g/mol. The molecule has 1 aliphatic heterocycles. The summed E-state index contributed by atoms with van der Waals surface area (Å²) in [7, 11) is 0. The fraction of sp³-hybridized carbons (Fsp3) is 0.250. The van der Waals surface area contributed by atoms with E-state index in [9.17, 15) is 18.8 Å². The topological polar surface area (TPSA) is 96.0 Å². The standard InChI is InChI=1S/C20H19FN4O3.ClH/c21-18-13-7-9-22-11-12(13)5-6-16(18)23-17(26)8-10-25-20(28)15-4-2-1-3-14(15)19(27)24-25;/h1-6,22H,7-11H2,(H,23,26)(H,24,27);1H. The first kappa shape index (κ1) is 20.8. The number of carbonyl (C=O) groups is 1. The zero-order valence-corrected chi connectivity index (χ0v) is 16.3. The van der Waals surface area contributed by atoms with E-state index in [1.165, 1.54) is 0 Å². The van der Waals surface area contributed by atoms with Crippen molar-refractivity contribution in [2.45, 2.75) is 25.9 Å². The molecule has 0 saturated carbocycles. The van der Waals surface area contributed by atoms with E-state index in [-0.39, 0.29) is 36.6 Å². The molecule has 0 fully saturated rings. The van der Waals surface area contributed by atoms with E-state index >= 15 is 0 Å². The molecule has 0 radical (unpaired) electrons. The van der Waals surface area contributed by atoms with Gasteiger partial charge in [0, 0.05) is 13.0 Å². The predicted molar refractivity (Wildman–Crippen MR) is 111 cm³/mol. The van der Waals surface area contributed by atoms with E-state index < -0.39 is 17.3 Å². The highest BCUT2D eigenvalue weighted by molar-refractivity contribution is 5.91. The molecule has 0 unspecified atom stereocenters. The van der Waals surface area contributed by atoms with E-state index in [4.69, 9.17) is 0 Å². The molecule has 152 valence electrons. The molecule has 2 heterocycles. The molecule has 0 atom stereocenters. The Morgan fingerprint density at radius 2 is 1.90 bits per heavy atom. The summed E-state index contributed by atoms with van der Waals surface area (Å²) >= 11 is 0. The summed E-state index contributed by atoms with van der Waals surface area (Å²) in [5.41, 5.74) is 0.860. The molecule has 4 rings (SSSR count). The molecule has 0 saturated heterocycles. The lowest BCUT2D eigenvalue weighted by Gasteiger charge is -2.19. The van der Waals surface area contributed by atoms with E-state index in [0.29, 0.717) is 35.8 Å². The summed E-state index contributed by atoms with van der Waals surface area (Å²) in [5.74, 6) is -0.850. The lowest BCUT2D eigenvalue weighted by atomic mass is 9.99. The van der Waals surface area contributed by atoms with Crippen molar-refractivity contribution in [3.8, 4) is 0 Å². The first-order chi connectivity index (χ1) is 13.5. The summed E-state index contributed by atoms with van der Waals surface area (Å²) in [6.07, 6.45) is 0.491. The Hall–Kier alpha value is -2.97. The molecule has 0 spiro atoms. The van der Waals surface area contributed by atoms with Crippen molar-refractivity contribution in [1.29, 1.82) is 0 Å². The van der Waals surface area contributed by atoms with Crippen LogP contribution in [0.3, 0.4) is 0 Å². The van der Waals surface area contributed by atoms with Crippen LogP contribution in [0.25, 0.3) is 10.8 Å². The smallest absolute Gasteiger partial charge is 0.273 e. The highest BCUT2D eigenvalue weighted by atomic mass is 35.5. The van der Waals surface area contributed by atoms with Gasteiger partial charge >= 0.3 is 0 Å². The van der Waals surface area contributed by atoms with Gasteiger partial charge in [-0.3, -0.25) is 19.5 Å². The van der Waals surface area contributed by atoms with Gasteiger partial charge in [0.2, 0.25) is 5.91 Å². The number of rotatable bonds is 4.